The number of ketones is 2. The Balaban J connectivity index is 2.25. The molecule has 110 valence electrons. The number of thiophene rings is 2. The van der Waals surface area contributed by atoms with Crippen molar-refractivity contribution in [3.05, 3.63) is 23.3 Å². The van der Waals surface area contributed by atoms with Crippen LogP contribution >= 0.6 is 22.7 Å². The Morgan fingerprint density at radius 2 is 1.43 bits per heavy atom. The molecule has 0 spiro atoms. The van der Waals surface area contributed by atoms with E-state index in [0.29, 0.717) is 11.1 Å². The van der Waals surface area contributed by atoms with Gasteiger partial charge < -0.3 is 0 Å². The monoisotopic (exact) mass is 353 g/mol. The average molecular weight is 354 g/mol. The molecule has 0 aromatic carbocycles. The molecule has 21 heavy (non-hydrogen) atoms. The topological polar surface area (TPSA) is 34.1 Å². The minimum absolute atomic E-state index is 0.111. The van der Waals surface area contributed by atoms with E-state index >= 15 is 0 Å². The quantitative estimate of drug-likeness (QED) is 0.469. The van der Waals surface area contributed by atoms with Crippen molar-refractivity contribution in [3.63, 3.8) is 0 Å². The first-order valence-corrected chi connectivity index (χ1v) is 13.8. The zero-order valence-corrected chi connectivity index (χ0v) is 16.1. The Morgan fingerprint density at radius 1 is 0.905 bits per heavy atom. The maximum absolute atomic E-state index is 12.4. The van der Waals surface area contributed by atoms with Crippen LogP contribution in [0.15, 0.2) is 16.3 Å². The number of fused-ring (bicyclic) bond motifs is 3. The predicted molar refractivity (Wildman–Crippen MR) is 96.8 cm³/mol. The molecule has 0 radical (unpaired) electrons. The molecular formula is C15H17O2S3Si+. The smallest absolute Gasteiger partial charge is 0.235 e. The first kappa shape index (κ1) is 15.2. The molecule has 2 aromatic rings. The molecule has 0 atom stereocenters. The van der Waals surface area contributed by atoms with Gasteiger partial charge in [0.15, 0.2) is 0 Å². The Kier molecular flexibility index (Phi) is 3.56. The molecule has 0 bridgehead atoms. The second kappa shape index (κ2) is 4.91. The summed E-state index contributed by atoms with van der Waals surface area (Å²) in [5.41, 5.74) is 1.26. The molecular weight excluding hydrogens is 336 g/mol. The van der Waals surface area contributed by atoms with Gasteiger partial charge in [-0.3, -0.25) is 9.59 Å². The number of rotatable bonds is 2. The fourth-order valence-corrected chi connectivity index (χ4v) is 7.58. The summed E-state index contributed by atoms with van der Waals surface area (Å²) in [5.74, 6) is -0.653. The van der Waals surface area contributed by atoms with Crippen LogP contribution in [0.3, 0.4) is 0 Å². The van der Waals surface area contributed by atoms with Crippen LogP contribution in [0.25, 0.3) is 9.75 Å². The van der Waals surface area contributed by atoms with Gasteiger partial charge >= 0.3 is 0 Å². The summed E-state index contributed by atoms with van der Waals surface area (Å²) in [6.45, 7) is 6.81. The second-order valence-electron chi connectivity index (χ2n) is 6.39. The van der Waals surface area contributed by atoms with E-state index in [1.165, 1.54) is 8.71 Å². The summed E-state index contributed by atoms with van der Waals surface area (Å²) >= 11 is 3.40. The zero-order valence-electron chi connectivity index (χ0n) is 12.7. The van der Waals surface area contributed by atoms with Crippen LogP contribution < -0.4 is 4.50 Å². The van der Waals surface area contributed by atoms with E-state index in [4.69, 9.17) is 0 Å². The highest BCUT2D eigenvalue weighted by molar-refractivity contribution is 7.97. The van der Waals surface area contributed by atoms with E-state index in [-0.39, 0.29) is 22.5 Å². The number of carbonyl (C=O) groups is 2. The molecule has 2 nitrogen and oxygen atoms in total. The molecule has 1 aliphatic carbocycles. The molecule has 0 saturated heterocycles. The van der Waals surface area contributed by atoms with Crippen LogP contribution in [-0.4, -0.2) is 32.2 Å². The zero-order chi connectivity index (χ0) is 15.5. The Bertz CT molecular complexity index is 762. The molecule has 2 aromatic heterocycles. The van der Waals surface area contributed by atoms with Crippen molar-refractivity contribution >= 4 is 57.7 Å². The number of Topliss-reactive ketones (excluding diaryl/α,β-unsaturated/α-hetero) is 2. The van der Waals surface area contributed by atoms with Crippen molar-refractivity contribution in [1.82, 2.24) is 0 Å². The third kappa shape index (κ3) is 2.38. The maximum atomic E-state index is 12.4. The summed E-state index contributed by atoms with van der Waals surface area (Å²) in [7, 11) is -1.36. The Morgan fingerprint density at radius 3 is 1.95 bits per heavy atom. The van der Waals surface area contributed by atoms with Gasteiger partial charge in [0.1, 0.15) is 12.5 Å². The van der Waals surface area contributed by atoms with E-state index < -0.39 is 8.07 Å². The molecule has 3 rings (SSSR count). The van der Waals surface area contributed by atoms with E-state index in [0.717, 1.165) is 9.75 Å². The van der Waals surface area contributed by atoms with Crippen LogP contribution in [0.4, 0.5) is 0 Å². The van der Waals surface area contributed by atoms with Crippen molar-refractivity contribution in [3.8, 4) is 9.75 Å². The highest BCUT2D eigenvalue weighted by Crippen LogP contribution is 2.43. The molecule has 0 saturated carbocycles. The SMILES string of the molecule is C[S+](C)c1cc2c(s1)-c1sc([Si](C)(C)C)cc1C(=O)C2=O. The number of hydrogen-bond donors (Lipinski definition) is 0. The molecule has 2 heterocycles. The lowest BCUT2D eigenvalue weighted by Gasteiger charge is -2.12. The lowest BCUT2D eigenvalue weighted by atomic mass is 9.96. The van der Waals surface area contributed by atoms with Gasteiger partial charge in [0.2, 0.25) is 15.8 Å². The predicted octanol–water partition coefficient (Wildman–Crippen LogP) is 3.64. The number of hydrogen-bond acceptors (Lipinski definition) is 4. The van der Waals surface area contributed by atoms with E-state index in [9.17, 15) is 9.59 Å². The molecule has 1 aliphatic rings. The summed E-state index contributed by atoms with van der Waals surface area (Å²) in [6.07, 6.45) is 4.29. The Labute approximate surface area is 136 Å². The van der Waals surface area contributed by atoms with Gasteiger partial charge in [-0.1, -0.05) is 31.0 Å². The van der Waals surface area contributed by atoms with Crippen molar-refractivity contribution in [1.29, 1.82) is 0 Å². The van der Waals surface area contributed by atoms with Gasteiger partial charge in [-0.2, -0.15) is 0 Å². The first-order valence-electron chi connectivity index (χ1n) is 6.65. The first-order chi connectivity index (χ1) is 9.70. The molecule has 0 N–H and O–H groups in total. The van der Waals surface area contributed by atoms with Crippen LogP contribution in [-0.2, 0) is 10.9 Å². The van der Waals surface area contributed by atoms with Crippen LogP contribution in [0.1, 0.15) is 20.7 Å². The van der Waals surface area contributed by atoms with Crippen LogP contribution in [0.2, 0.25) is 19.6 Å². The van der Waals surface area contributed by atoms with Crippen molar-refractivity contribution in [2.75, 3.05) is 12.5 Å². The highest BCUT2D eigenvalue weighted by Gasteiger charge is 2.37. The van der Waals surface area contributed by atoms with E-state index in [1.54, 1.807) is 22.7 Å². The fourth-order valence-electron chi connectivity index (χ4n) is 2.25. The lowest BCUT2D eigenvalue weighted by molar-refractivity contribution is 0.0816. The Hall–Kier alpha value is -0.693. The third-order valence-corrected chi connectivity index (χ3v) is 11.5. The van der Waals surface area contributed by atoms with Gasteiger partial charge in [-0.05, 0) is 10.6 Å². The fraction of sp³-hybridized carbons (Fsp3) is 0.333. The molecule has 0 fully saturated rings. The molecule has 6 heteroatoms. The summed E-state index contributed by atoms with van der Waals surface area (Å²) < 4.78 is 2.50. The largest absolute Gasteiger partial charge is 0.285 e. The third-order valence-electron chi connectivity index (χ3n) is 3.48. The molecule has 0 amide bonds. The van der Waals surface area contributed by atoms with Gasteiger partial charge in [0, 0.05) is 22.5 Å². The van der Waals surface area contributed by atoms with Crippen molar-refractivity contribution in [2.45, 2.75) is 23.9 Å². The molecule has 0 aliphatic heterocycles. The van der Waals surface area contributed by atoms with Crippen molar-refractivity contribution in [2.24, 2.45) is 0 Å². The minimum Gasteiger partial charge on any atom is -0.285 e. The van der Waals surface area contributed by atoms with Gasteiger partial charge in [0.25, 0.3) is 0 Å². The van der Waals surface area contributed by atoms with Crippen LogP contribution in [0, 0.1) is 0 Å². The summed E-state index contributed by atoms with van der Waals surface area (Å²) in [5, 5.41) is 0. The van der Waals surface area contributed by atoms with E-state index in [2.05, 4.69) is 32.2 Å². The van der Waals surface area contributed by atoms with Gasteiger partial charge in [-0.15, -0.1) is 11.3 Å². The second-order valence-corrected chi connectivity index (χ2v) is 16.2. The molecule has 0 unspecified atom stereocenters. The summed E-state index contributed by atoms with van der Waals surface area (Å²) in [4.78, 5) is 26.8. The van der Waals surface area contributed by atoms with Crippen molar-refractivity contribution < 1.29 is 9.59 Å². The highest BCUT2D eigenvalue weighted by atomic mass is 32.2. The maximum Gasteiger partial charge on any atom is 0.235 e. The standard InChI is InChI=1S/C15H17O2S3Si/c1-20(2)10-6-8-12(16)13(17)9-7-11(21(3,4)5)19-15(9)14(8)18-10/h6-7H,1-5H3/q+1. The average Bonchev–Trinajstić information content (AvgIpc) is 2.98. The summed E-state index contributed by atoms with van der Waals surface area (Å²) in [6, 6.07) is 3.91. The lowest BCUT2D eigenvalue weighted by Crippen LogP contribution is -2.35. The normalized spacial score (nSPS) is 14.6. The van der Waals surface area contributed by atoms with E-state index in [1.807, 2.05) is 12.1 Å². The number of carbonyl (C=O) groups excluding carboxylic acids is 2. The van der Waals surface area contributed by atoms with Gasteiger partial charge in [0.05, 0.1) is 23.4 Å². The minimum atomic E-state index is -1.48. The van der Waals surface area contributed by atoms with Gasteiger partial charge in [-0.25, -0.2) is 0 Å². The van der Waals surface area contributed by atoms with Crippen LogP contribution in [0.5, 0.6) is 0 Å².